The van der Waals surface area contributed by atoms with E-state index in [2.05, 4.69) is 23.6 Å². The molecule has 0 saturated carbocycles. The summed E-state index contributed by atoms with van der Waals surface area (Å²) in [7, 11) is 0. The van der Waals surface area contributed by atoms with Gasteiger partial charge in [0.2, 0.25) is 0 Å². The highest BCUT2D eigenvalue weighted by molar-refractivity contribution is 5.94. The summed E-state index contributed by atoms with van der Waals surface area (Å²) >= 11 is 0. The monoisotopic (exact) mass is 446 g/mol. The van der Waals surface area contributed by atoms with Crippen molar-refractivity contribution in [3.63, 3.8) is 0 Å². The summed E-state index contributed by atoms with van der Waals surface area (Å²) in [6, 6.07) is 22.5. The van der Waals surface area contributed by atoms with Crippen LogP contribution in [-0.2, 0) is 6.54 Å². The van der Waals surface area contributed by atoms with E-state index in [9.17, 15) is 14.3 Å². The van der Waals surface area contributed by atoms with Gasteiger partial charge in [-0.15, -0.1) is 0 Å². The number of ketones is 1. The highest BCUT2D eigenvalue weighted by Gasteiger charge is 2.35. The molecule has 0 amide bonds. The van der Waals surface area contributed by atoms with Crippen molar-refractivity contribution in [1.82, 2.24) is 9.80 Å². The molecule has 33 heavy (non-hydrogen) atoms. The highest BCUT2D eigenvalue weighted by Crippen LogP contribution is 2.35. The third kappa shape index (κ3) is 5.32. The number of Topliss-reactive ketones (excluding diaryl/α,β-unsaturated/α-hetero) is 1. The highest BCUT2D eigenvalue weighted by atomic mass is 19.1. The first-order chi connectivity index (χ1) is 15.8. The minimum Gasteiger partial charge on any atom is -0.508 e. The van der Waals surface area contributed by atoms with Gasteiger partial charge in [-0.2, -0.15) is 0 Å². The number of piperazine rings is 1. The van der Waals surface area contributed by atoms with E-state index in [1.807, 2.05) is 54.6 Å². The van der Waals surface area contributed by atoms with E-state index in [-0.39, 0.29) is 29.4 Å². The molecule has 3 aromatic carbocycles. The van der Waals surface area contributed by atoms with Gasteiger partial charge in [0.05, 0.1) is 6.04 Å². The molecule has 1 heterocycles. The van der Waals surface area contributed by atoms with Crippen molar-refractivity contribution < 1.29 is 14.3 Å². The molecular weight excluding hydrogens is 415 g/mol. The third-order valence-corrected chi connectivity index (χ3v) is 6.61. The summed E-state index contributed by atoms with van der Waals surface area (Å²) in [5, 5.41) is 10.2. The number of halogens is 1. The number of phenols is 1. The lowest BCUT2D eigenvalue weighted by Crippen LogP contribution is -2.56. The fourth-order valence-electron chi connectivity index (χ4n) is 4.80. The minimum absolute atomic E-state index is 0.0384. The number of carbonyl (C=O) groups excluding carboxylic acids is 1. The first-order valence-electron chi connectivity index (χ1n) is 11.5. The average molecular weight is 447 g/mol. The first kappa shape index (κ1) is 23.1. The zero-order chi connectivity index (χ0) is 23.5. The van der Waals surface area contributed by atoms with Crippen molar-refractivity contribution >= 4 is 5.78 Å². The van der Waals surface area contributed by atoms with E-state index < -0.39 is 0 Å². The van der Waals surface area contributed by atoms with Gasteiger partial charge in [-0.1, -0.05) is 48.5 Å². The molecule has 1 aliphatic rings. The van der Waals surface area contributed by atoms with Crippen LogP contribution in [0.1, 0.15) is 53.9 Å². The Hall–Kier alpha value is -3.02. The van der Waals surface area contributed by atoms with Crippen molar-refractivity contribution in [3.8, 4) is 5.75 Å². The second-order valence-corrected chi connectivity index (χ2v) is 9.13. The SMILES string of the molecule is CC(=O)c1ccc(C(c2cccc(O)c2)N2CC(C)N(Cc3ccc(F)cc3)CC2C)cc1. The Labute approximate surface area is 195 Å². The maximum absolute atomic E-state index is 13.3. The Kier molecular flexibility index (Phi) is 6.91. The summed E-state index contributed by atoms with van der Waals surface area (Å²) in [6.45, 7) is 8.52. The molecular formula is C28H31FN2O2. The number of nitrogens with zero attached hydrogens (tertiary/aromatic N) is 2. The maximum Gasteiger partial charge on any atom is 0.159 e. The molecule has 0 aliphatic carbocycles. The van der Waals surface area contributed by atoms with Crippen molar-refractivity contribution in [2.75, 3.05) is 13.1 Å². The van der Waals surface area contributed by atoms with Crippen LogP contribution in [0.15, 0.2) is 72.8 Å². The van der Waals surface area contributed by atoms with Crippen LogP contribution in [0.25, 0.3) is 0 Å². The molecule has 3 atom stereocenters. The predicted octanol–water partition coefficient (Wildman–Crippen LogP) is 5.42. The second kappa shape index (κ2) is 9.86. The predicted molar refractivity (Wildman–Crippen MR) is 129 cm³/mol. The Bertz CT molecular complexity index is 1100. The normalized spacial score (nSPS) is 20.5. The molecule has 0 spiro atoms. The van der Waals surface area contributed by atoms with E-state index in [1.54, 1.807) is 13.0 Å². The van der Waals surface area contributed by atoms with E-state index in [4.69, 9.17) is 0 Å². The zero-order valence-electron chi connectivity index (χ0n) is 19.4. The number of hydrogen-bond acceptors (Lipinski definition) is 4. The van der Waals surface area contributed by atoms with Crippen LogP contribution in [0.3, 0.4) is 0 Å². The van der Waals surface area contributed by atoms with Crippen molar-refractivity contribution in [2.45, 2.75) is 45.4 Å². The molecule has 172 valence electrons. The Morgan fingerprint density at radius 1 is 0.970 bits per heavy atom. The Balaban J connectivity index is 1.61. The molecule has 3 unspecified atom stereocenters. The molecule has 1 fully saturated rings. The molecule has 4 rings (SSSR count). The molecule has 1 N–H and O–H groups in total. The van der Waals surface area contributed by atoms with Crippen LogP contribution in [0, 0.1) is 5.82 Å². The number of benzene rings is 3. The van der Waals surface area contributed by atoms with Crippen molar-refractivity contribution in [2.24, 2.45) is 0 Å². The van der Waals surface area contributed by atoms with Gasteiger partial charge >= 0.3 is 0 Å². The molecule has 0 bridgehead atoms. The van der Waals surface area contributed by atoms with E-state index in [1.165, 1.54) is 12.1 Å². The summed E-state index contributed by atoms with van der Waals surface area (Å²) < 4.78 is 13.3. The maximum atomic E-state index is 13.3. The molecule has 4 nitrogen and oxygen atoms in total. The molecule has 0 radical (unpaired) electrons. The summed E-state index contributed by atoms with van der Waals surface area (Å²) in [4.78, 5) is 16.7. The largest absolute Gasteiger partial charge is 0.508 e. The lowest BCUT2D eigenvalue weighted by molar-refractivity contribution is 0.0195. The van der Waals surface area contributed by atoms with Crippen LogP contribution in [0.2, 0.25) is 0 Å². The first-order valence-corrected chi connectivity index (χ1v) is 11.5. The van der Waals surface area contributed by atoms with Crippen LogP contribution in [-0.4, -0.2) is 45.9 Å². The minimum atomic E-state index is -0.213. The van der Waals surface area contributed by atoms with Crippen LogP contribution in [0.5, 0.6) is 5.75 Å². The van der Waals surface area contributed by atoms with Crippen LogP contribution >= 0.6 is 0 Å². The summed E-state index contributed by atoms with van der Waals surface area (Å²) in [5.41, 5.74) is 3.92. The number of aromatic hydroxyl groups is 1. The van der Waals surface area contributed by atoms with E-state index in [0.29, 0.717) is 11.6 Å². The fourth-order valence-corrected chi connectivity index (χ4v) is 4.80. The van der Waals surface area contributed by atoms with E-state index >= 15 is 0 Å². The summed E-state index contributed by atoms with van der Waals surface area (Å²) in [6.07, 6.45) is 0. The van der Waals surface area contributed by atoms with Crippen molar-refractivity contribution in [3.05, 3.63) is 101 Å². The van der Waals surface area contributed by atoms with Gasteiger partial charge < -0.3 is 5.11 Å². The zero-order valence-corrected chi connectivity index (χ0v) is 19.4. The van der Waals surface area contributed by atoms with E-state index in [0.717, 1.165) is 36.3 Å². The Morgan fingerprint density at radius 2 is 1.67 bits per heavy atom. The van der Waals surface area contributed by atoms with Gasteiger partial charge in [0.1, 0.15) is 11.6 Å². The number of hydrogen-bond donors (Lipinski definition) is 1. The molecule has 1 aliphatic heterocycles. The molecule has 0 aromatic heterocycles. The van der Waals surface area contributed by atoms with Gasteiger partial charge in [-0.25, -0.2) is 4.39 Å². The standard InChI is InChI=1S/C28H31FN2O2/c1-19-17-31(20(2)16-30(19)18-22-7-13-26(29)14-8-22)28(25-5-4-6-27(33)15-25)24-11-9-23(10-12-24)21(3)32/h4-15,19-20,28,33H,16-18H2,1-3H3. The quantitative estimate of drug-likeness (QED) is 0.514. The number of rotatable bonds is 6. The molecule has 3 aromatic rings. The van der Waals surface area contributed by atoms with Gasteiger partial charge in [-0.05, 0) is 61.7 Å². The fraction of sp³-hybridized carbons (Fsp3) is 0.321. The lowest BCUT2D eigenvalue weighted by atomic mass is 9.92. The molecule has 5 heteroatoms. The van der Waals surface area contributed by atoms with Gasteiger partial charge in [-0.3, -0.25) is 14.6 Å². The van der Waals surface area contributed by atoms with Gasteiger partial charge in [0.25, 0.3) is 0 Å². The van der Waals surface area contributed by atoms with Crippen LogP contribution in [0.4, 0.5) is 4.39 Å². The topological polar surface area (TPSA) is 43.8 Å². The second-order valence-electron chi connectivity index (χ2n) is 9.13. The number of carbonyl (C=O) groups is 1. The molecule has 1 saturated heterocycles. The lowest BCUT2D eigenvalue weighted by Gasteiger charge is -2.47. The summed E-state index contributed by atoms with van der Waals surface area (Å²) in [5.74, 6) is 0.0788. The van der Waals surface area contributed by atoms with Crippen LogP contribution < -0.4 is 0 Å². The van der Waals surface area contributed by atoms with Gasteiger partial charge in [0, 0.05) is 37.3 Å². The smallest absolute Gasteiger partial charge is 0.159 e. The van der Waals surface area contributed by atoms with Crippen molar-refractivity contribution in [1.29, 1.82) is 0 Å². The Morgan fingerprint density at radius 3 is 2.30 bits per heavy atom. The van der Waals surface area contributed by atoms with Gasteiger partial charge in [0.15, 0.2) is 5.78 Å². The average Bonchev–Trinajstić information content (AvgIpc) is 2.79. The number of phenolic OH excluding ortho intramolecular Hbond substituents is 1. The third-order valence-electron chi connectivity index (χ3n) is 6.61.